The van der Waals surface area contributed by atoms with Crippen molar-refractivity contribution in [2.45, 2.75) is 31.2 Å². The number of nitrogens with zero attached hydrogens (tertiary/aromatic N) is 5. The van der Waals surface area contributed by atoms with Gasteiger partial charge in [0.1, 0.15) is 0 Å². The van der Waals surface area contributed by atoms with E-state index in [9.17, 15) is 13.2 Å². The number of sulfonamides is 1. The number of rotatable bonds is 6. The quantitative estimate of drug-likeness (QED) is 0.469. The van der Waals surface area contributed by atoms with Gasteiger partial charge in [0.05, 0.1) is 11.4 Å². The maximum absolute atomic E-state index is 13.2. The number of halogens is 1. The van der Waals surface area contributed by atoms with E-state index in [0.717, 1.165) is 37.1 Å². The molecule has 2 fully saturated rings. The minimum Gasteiger partial charge on any atom is -0.340 e. The highest BCUT2D eigenvalue weighted by molar-refractivity contribution is 7.89. The summed E-state index contributed by atoms with van der Waals surface area (Å²) < 4.78 is 32.8. The van der Waals surface area contributed by atoms with Gasteiger partial charge in [-0.2, -0.15) is 9.29 Å². The number of aromatic nitrogens is 2. The van der Waals surface area contributed by atoms with Crippen LogP contribution in [0.4, 0.5) is 0 Å². The van der Waals surface area contributed by atoms with Gasteiger partial charge in [0.25, 0.3) is 0 Å². The Bertz CT molecular complexity index is 1350. The van der Waals surface area contributed by atoms with Crippen LogP contribution in [0.15, 0.2) is 57.9 Å². The number of likely N-dealkylation sites (tertiary alicyclic amines) is 1. The van der Waals surface area contributed by atoms with E-state index < -0.39 is 10.0 Å². The van der Waals surface area contributed by atoms with Gasteiger partial charge in [0.2, 0.25) is 27.6 Å². The molecule has 3 aromatic rings. The normalized spacial score (nSPS) is 18.3. The molecule has 2 aliphatic rings. The van der Waals surface area contributed by atoms with Crippen LogP contribution >= 0.6 is 11.6 Å². The third kappa shape index (κ3) is 5.87. The van der Waals surface area contributed by atoms with Crippen molar-refractivity contribution in [2.75, 3.05) is 39.3 Å². The molecule has 9 nitrogen and oxygen atoms in total. The third-order valence-corrected chi connectivity index (χ3v) is 9.20. The van der Waals surface area contributed by atoms with Crippen LogP contribution in [0, 0.1) is 12.8 Å². The molecule has 2 aliphatic heterocycles. The molecule has 11 heteroatoms. The minimum atomic E-state index is -3.55. The molecule has 2 saturated heterocycles. The van der Waals surface area contributed by atoms with Crippen molar-refractivity contribution in [3.8, 4) is 11.4 Å². The number of piperidine rings is 1. The summed E-state index contributed by atoms with van der Waals surface area (Å²) in [7, 11) is -3.55. The lowest BCUT2D eigenvalue weighted by Gasteiger charge is -2.38. The maximum Gasteiger partial charge on any atom is 0.243 e. The lowest BCUT2D eigenvalue weighted by atomic mass is 9.95. The molecule has 1 aromatic heterocycles. The highest BCUT2D eigenvalue weighted by atomic mass is 35.5. The summed E-state index contributed by atoms with van der Waals surface area (Å²) in [6.45, 7) is 5.43. The van der Waals surface area contributed by atoms with Crippen LogP contribution in [0.3, 0.4) is 0 Å². The first-order valence-corrected chi connectivity index (χ1v) is 14.3. The van der Waals surface area contributed by atoms with E-state index in [2.05, 4.69) is 15.0 Å². The van der Waals surface area contributed by atoms with E-state index in [1.165, 1.54) is 4.31 Å². The molecular weight excluding hydrogens is 514 g/mol. The van der Waals surface area contributed by atoms with Crippen LogP contribution in [0.5, 0.6) is 0 Å². The lowest BCUT2D eigenvalue weighted by molar-refractivity contribution is -0.138. The van der Waals surface area contributed by atoms with Gasteiger partial charge in [-0.05, 0) is 57.1 Å². The highest BCUT2D eigenvalue weighted by Crippen LogP contribution is 2.25. The van der Waals surface area contributed by atoms with Crippen molar-refractivity contribution in [2.24, 2.45) is 5.92 Å². The largest absolute Gasteiger partial charge is 0.340 e. The standard InChI is InChI=1S/C26H30ClN5O4S/c1-19-5-7-23(8-6-19)37(34,35)32-15-13-31(14-16-32)26(33)20-9-11-30(12-10-20)18-24-28-25(29-36-24)21-3-2-4-22(27)17-21/h2-8,17,20H,9-16,18H2,1H3. The second-order valence-electron chi connectivity index (χ2n) is 9.61. The Hall–Kier alpha value is -2.79. The van der Waals surface area contributed by atoms with Gasteiger partial charge in [0, 0.05) is 42.7 Å². The van der Waals surface area contributed by atoms with Crippen molar-refractivity contribution in [3.63, 3.8) is 0 Å². The Kier molecular flexibility index (Phi) is 7.62. The first-order chi connectivity index (χ1) is 17.8. The smallest absolute Gasteiger partial charge is 0.243 e. The Morgan fingerprint density at radius 2 is 1.73 bits per heavy atom. The third-order valence-electron chi connectivity index (χ3n) is 7.06. The van der Waals surface area contributed by atoms with Gasteiger partial charge in [-0.1, -0.05) is 46.6 Å². The molecule has 0 aliphatic carbocycles. The fourth-order valence-electron chi connectivity index (χ4n) is 4.86. The van der Waals surface area contributed by atoms with Crippen molar-refractivity contribution in [1.82, 2.24) is 24.2 Å². The van der Waals surface area contributed by atoms with Gasteiger partial charge >= 0.3 is 0 Å². The van der Waals surface area contributed by atoms with E-state index in [4.69, 9.17) is 16.1 Å². The van der Waals surface area contributed by atoms with Gasteiger partial charge < -0.3 is 9.42 Å². The number of hydrogen-bond donors (Lipinski definition) is 0. The zero-order valence-electron chi connectivity index (χ0n) is 20.7. The lowest BCUT2D eigenvalue weighted by Crippen LogP contribution is -2.52. The van der Waals surface area contributed by atoms with E-state index in [-0.39, 0.29) is 11.8 Å². The van der Waals surface area contributed by atoms with Crippen LogP contribution in [0.25, 0.3) is 11.4 Å². The summed E-state index contributed by atoms with van der Waals surface area (Å²) >= 11 is 6.06. The molecule has 2 aromatic carbocycles. The van der Waals surface area contributed by atoms with Crippen molar-refractivity contribution >= 4 is 27.5 Å². The van der Waals surface area contributed by atoms with Crippen molar-refractivity contribution in [1.29, 1.82) is 0 Å². The second-order valence-corrected chi connectivity index (χ2v) is 12.0. The summed E-state index contributed by atoms with van der Waals surface area (Å²) in [6.07, 6.45) is 1.49. The SMILES string of the molecule is Cc1ccc(S(=O)(=O)N2CCN(C(=O)C3CCN(Cc4nc(-c5cccc(Cl)c5)no4)CC3)CC2)cc1. The van der Waals surface area contributed by atoms with Crippen LogP contribution in [-0.2, 0) is 21.4 Å². The van der Waals surface area contributed by atoms with Gasteiger partial charge in [0.15, 0.2) is 0 Å². The first kappa shape index (κ1) is 25.8. The first-order valence-electron chi connectivity index (χ1n) is 12.5. The van der Waals surface area contributed by atoms with Gasteiger partial charge in [-0.3, -0.25) is 9.69 Å². The van der Waals surface area contributed by atoms with Gasteiger partial charge in [-0.15, -0.1) is 0 Å². The average Bonchev–Trinajstić information content (AvgIpc) is 3.38. The van der Waals surface area contributed by atoms with Gasteiger partial charge in [-0.25, -0.2) is 8.42 Å². The number of carbonyl (C=O) groups excluding carboxylic acids is 1. The molecule has 0 atom stereocenters. The Labute approximate surface area is 222 Å². The number of benzene rings is 2. The van der Waals surface area contributed by atoms with E-state index >= 15 is 0 Å². The van der Waals surface area contributed by atoms with Crippen LogP contribution in [0.1, 0.15) is 24.3 Å². The fourth-order valence-corrected chi connectivity index (χ4v) is 6.47. The predicted molar refractivity (Wildman–Crippen MR) is 139 cm³/mol. The van der Waals surface area contributed by atoms with Crippen LogP contribution in [0.2, 0.25) is 5.02 Å². The summed E-state index contributed by atoms with van der Waals surface area (Å²) in [5.41, 5.74) is 1.82. The summed E-state index contributed by atoms with van der Waals surface area (Å²) in [5, 5.41) is 4.68. The summed E-state index contributed by atoms with van der Waals surface area (Å²) in [4.78, 5) is 22.0. The van der Waals surface area contributed by atoms with Crippen molar-refractivity contribution < 1.29 is 17.7 Å². The second kappa shape index (κ2) is 10.9. The topological polar surface area (TPSA) is 99.9 Å². The molecule has 5 rings (SSSR count). The van der Waals surface area contributed by atoms with E-state index in [0.29, 0.717) is 54.4 Å². The maximum atomic E-state index is 13.2. The fraction of sp³-hybridized carbons (Fsp3) is 0.423. The number of piperazine rings is 1. The van der Waals surface area contributed by atoms with E-state index in [1.54, 1.807) is 36.4 Å². The Balaban J connectivity index is 1.10. The molecule has 196 valence electrons. The van der Waals surface area contributed by atoms with Crippen LogP contribution < -0.4 is 0 Å². The number of hydrogen-bond acceptors (Lipinski definition) is 7. The van der Waals surface area contributed by atoms with Crippen LogP contribution in [-0.4, -0.2) is 77.8 Å². The molecule has 0 saturated carbocycles. The molecule has 1 amide bonds. The Morgan fingerprint density at radius 3 is 2.41 bits per heavy atom. The number of carbonyl (C=O) groups is 1. The zero-order chi connectivity index (χ0) is 26.0. The minimum absolute atomic E-state index is 0.0544. The Morgan fingerprint density at radius 1 is 1.03 bits per heavy atom. The number of amides is 1. The molecular formula is C26H30ClN5O4S. The molecule has 0 N–H and O–H groups in total. The highest BCUT2D eigenvalue weighted by Gasteiger charge is 2.34. The molecule has 3 heterocycles. The zero-order valence-corrected chi connectivity index (χ0v) is 22.3. The van der Waals surface area contributed by atoms with Crippen molar-refractivity contribution in [3.05, 3.63) is 65.0 Å². The molecule has 37 heavy (non-hydrogen) atoms. The molecule has 0 radical (unpaired) electrons. The molecule has 0 bridgehead atoms. The molecule has 0 unspecified atom stereocenters. The summed E-state index contributed by atoms with van der Waals surface area (Å²) in [6, 6.07) is 14.2. The average molecular weight is 544 g/mol. The molecule has 0 spiro atoms. The van der Waals surface area contributed by atoms with E-state index in [1.807, 2.05) is 24.0 Å². The number of aryl methyl sites for hydroxylation is 1. The summed E-state index contributed by atoms with van der Waals surface area (Å²) in [5.74, 6) is 1.10. The monoisotopic (exact) mass is 543 g/mol. The predicted octanol–water partition coefficient (Wildman–Crippen LogP) is 3.44.